The molecule has 10 heteroatoms. The number of nitrogens with one attached hydrogen (secondary N) is 1. The van der Waals surface area contributed by atoms with Crippen molar-refractivity contribution in [2.24, 2.45) is 12.8 Å². The molecule has 0 bridgehead atoms. The normalized spacial score (nSPS) is 11.0. The fourth-order valence-corrected chi connectivity index (χ4v) is 4.13. The zero-order valence-electron chi connectivity index (χ0n) is 20.9. The lowest BCUT2D eigenvalue weighted by Gasteiger charge is -2.23. The first-order valence-electron chi connectivity index (χ1n) is 11.4. The zero-order valence-corrected chi connectivity index (χ0v) is 20.9. The molecule has 0 fully saturated rings. The van der Waals surface area contributed by atoms with Crippen LogP contribution in [0.2, 0.25) is 0 Å². The number of aromatic nitrogens is 3. The molecule has 0 spiro atoms. The summed E-state index contributed by atoms with van der Waals surface area (Å²) in [6.45, 7) is 2.20. The molecule has 0 radical (unpaired) electrons. The summed E-state index contributed by atoms with van der Waals surface area (Å²) >= 11 is 0. The van der Waals surface area contributed by atoms with Crippen LogP contribution in [-0.4, -0.2) is 41.7 Å². The van der Waals surface area contributed by atoms with Gasteiger partial charge in [-0.2, -0.15) is 0 Å². The molecule has 36 heavy (non-hydrogen) atoms. The number of anilines is 3. The van der Waals surface area contributed by atoms with Crippen molar-refractivity contribution < 1.29 is 18.7 Å². The molecule has 0 aliphatic heterocycles. The number of pyridine rings is 1. The van der Waals surface area contributed by atoms with E-state index < -0.39 is 11.7 Å². The van der Waals surface area contributed by atoms with E-state index in [1.807, 2.05) is 30.7 Å². The van der Waals surface area contributed by atoms with Crippen molar-refractivity contribution in [3.8, 4) is 11.5 Å². The summed E-state index contributed by atoms with van der Waals surface area (Å²) in [6.07, 6.45) is 2.24. The summed E-state index contributed by atoms with van der Waals surface area (Å²) in [5.41, 5.74) is 9.20. The number of hydrogen-bond donors (Lipinski definition) is 2. The Morgan fingerprint density at radius 2 is 1.97 bits per heavy atom. The van der Waals surface area contributed by atoms with E-state index in [2.05, 4.69) is 15.3 Å². The Morgan fingerprint density at radius 1 is 1.19 bits per heavy atom. The number of imidazole rings is 1. The van der Waals surface area contributed by atoms with Crippen LogP contribution in [0.5, 0.6) is 11.5 Å². The van der Waals surface area contributed by atoms with Crippen LogP contribution in [0.1, 0.15) is 28.4 Å². The van der Waals surface area contributed by atoms with Gasteiger partial charge in [0.1, 0.15) is 28.7 Å². The van der Waals surface area contributed by atoms with Crippen LogP contribution >= 0.6 is 0 Å². The van der Waals surface area contributed by atoms with E-state index in [-0.39, 0.29) is 12.4 Å². The lowest BCUT2D eigenvalue weighted by atomic mass is 10.0. The number of halogens is 1. The van der Waals surface area contributed by atoms with Crippen LogP contribution in [0.15, 0.2) is 42.7 Å². The summed E-state index contributed by atoms with van der Waals surface area (Å²) in [5.74, 6) is 0.782. The molecule has 4 rings (SSSR count). The fraction of sp³-hybridized carbons (Fsp3) is 0.269. The van der Waals surface area contributed by atoms with Crippen molar-refractivity contribution in [3.63, 3.8) is 0 Å². The van der Waals surface area contributed by atoms with E-state index in [1.54, 1.807) is 36.5 Å². The molecular weight excluding hydrogens is 463 g/mol. The predicted molar refractivity (Wildman–Crippen MR) is 138 cm³/mol. The highest BCUT2D eigenvalue weighted by Gasteiger charge is 2.21. The molecule has 0 aliphatic carbocycles. The van der Waals surface area contributed by atoms with E-state index in [0.717, 1.165) is 16.6 Å². The third-order valence-corrected chi connectivity index (χ3v) is 6.08. The average Bonchev–Trinajstić information content (AvgIpc) is 3.27. The van der Waals surface area contributed by atoms with Gasteiger partial charge < -0.3 is 30.0 Å². The number of benzene rings is 2. The summed E-state index contributed by atoms with van der Waals surface area (Å²) in [4.78, 5) is 24.0. The van der Waals surface area contributed by atoms with Crippen molar-refractivity contribution in [2.45, 2.75) is 19.9 Å². The Hall–Kier alpha value is -4.18. The Bertz CT molecular complexity index is 1440. The molecule has 0 saturated heterocycles. The van der Waals surface area contributed by atoms with Gasteiger partial charge in [0, 0.05) is 32.8 Å². The molecule has 3 N–H and O–H groups in total. The van der Waals surface area contributed by atoms with Crippen molar-refractivity contribution in [3.05, 3.63) is 65.2 Å². The molecule has 0 unspecified atom stereocenters. The minimum Gasteiger partial charge on any atom is -0.497 e. The number of rotatable bonds is 8. The fourth-order valence-electron chi connectivity index (χ4n) is 4.13. The van der Waals surface area contributed by atoms with Gasteiger partial charge >= 0.3 is 0 Å². The standard InChI is InChI=1S/C26H29FN6O3/c1-6-16-9-15(13-28)10-19(27)24(16)33(3)22-12-20-23(29-14-32(20)2)25(30-22)31-26(34)18-8-7-17(35-4)11-21(18)36-5/h7-12,14H,6,13,28H2,1-5H3,(H,30,31,34). The molecule has 188 valence electrons. The minimum atomic E-state index is -0.429. The Balaban J connectivity index is 1.79. The molecule has 0 atom stereocenters. The Labute approximate surface area is 208 Å². The van der Waals surface area contributed by atoms with Gasteiger partial charge in [-0.05, 0) is 35.7 Å². The summed E-state index contributed by atoms with van der Waals surface area (Å²) in [6, 6.07) is 10.1. The van der Waals surface area contributed by atoms with Gasteiger partial charge in [-0.25, -0.2) is 14.4 Å². The quantitative estimate of drug-likeness (QED) is 0.380. The van der Waals surface area contributed by atoms with Crippen LogP contribution < -0.4 is 25.4 Å². The first-order valence-corrected chi connectivity index (χ1v) is 11.4. The molecule has 2 heterocycles. The molecule has 0 saturated carbocycles. The molecule has 2 aromatic carbocycles. The SMILES string of the molecule is CCc1cc(CN)cc(F)c1N(C)c1cc2c(ncn2C)c(NC(=O)c2ccc(OC)cc2OC)n1. The number of fused-ring (bicyclic) bond motifs is 1. The van der Waals surface area contributed by atoms with Gasteiger partial charge in [0.15, 0.2) is 5.82 Å². The number of methoxy groups -OCH3 is 2. The summed E-state index contributed by atoms with van der Waals surface area (Å²) < 4.78 is 27.6. The van der Waals surface area contributed by atoms with Crippen molar-refractivity contribution in [1.29, 1.82) is 0 Å². The molecule has 4 aromatic rings. The Kier molecular flexibility index (Phi) is 7.07. The monoisotopic (exact) mass is 492 g/mol. The smallest absolute Gasteiger partial charge is 0.260 e. The lowest BCUT2D eigenvalue weighted by molar-refractivity contribution is 0.102. The minimum absolute atomic E-state index is 0.245. The number of aryl methyl sites for hydroxylation is 2. The number of ether oxygens (including phenoxy) is 2. The van der Waals surface area contributed by atoms with Crippen LogP contribution in [0.3, 0.4) is 0 Å². The third kappa shape index (κ3) is 4.55. The van der Waals surface area contributed by atoms with E-state index >= 15 is 4.39 Å². The highest BCUT2D eigenvalue weighted by Crippen LogP contribution is 2.34. The molecule has 2 aromatic heterocycles. The van der Waals surface area contributed by atoms with Gasteiger partial charge in [-0.15, -0.1) is 0 Å². The van der Waals surface area contributed by atoms with Gasteiger partial charge in [0.05, 0.1) is 37.3 Å². The number of carbonyl (C=O) groups excluding carboxylic acids is 1. The highest BCUT2D eigenvalue weighted by atomic mass is 19.1. The zero-order chi connectivity index (χ0) is 26.0. The van der Waals surface area contributed by atoms with Gasteiger partial charge in [0.25, 0.3) is 5.91 Å². The topological polar surface area (TPSA) is 108 Å². The summed E-state index contributed by atoms with van der Waals surface area (Å²) in [5, 5.41) is 2.85. The van der Waals surface area contributed by atoms with E-state index in [0.29, 0.717) is 40.5 Å². The number of nitrogens with zero attached hydrogens (tertiary/aromatic N) is 4. The van der Waals surface area contributed by atoms with E-state index in [1.165, 1.54) is 20.3 Å². The first kappa shape index (κ1) is 24.9. The number of nitrogens with two attached hydrogens (primary N) is 1. The summed E-state index contributed by atoms with van der Waals surface area (Å²) in [7, 11) is 6.59. The van der Waals surface area contributed by atoms with Gasteiger partial charge in [-0.1, -0.05) is 13.0 Å². The second kappa shape index (κ2) is 10.2. The number of amides is 1. The highest BCUT2D eigenvalue weighted by molar-refractivity contribution is 6.09. The molecule has 1 amide bonds. The Morgan fingerprint density at radius 3 is 2.64 bits per heavy atom. The maximum Gasteiger partial charge on any atom is 0.260 e. The maximum atomic E-state index is 15.2. The molecule has 0 aliphatic rings. The number of hydrogen-bond acceptors (Lipinski definition) is 7. The van der Waals surface area contributed by atoms with Crippen LogP contribution in [0, 0.1) is 5.82 Å². The van der Waals surface area contributed by atoms with Crippen molar-refractivity contribution in [2.75, 3.05) is 31.5 Å². The van der Waals surface area contributed by atoms with E-state index in [9.17, 15) is 4.79 Å². The van der Waals surface area contributed by atoms with E-state index in [4.69, 9.17) is 15.2 Å². The second-order valence-corrected chi connectivity index (χ2v) is 8.27. The van der Waals surface area contributed by atoms with Crippen LogP contribution in [-0.2, 0) is 20.0 Å². The predicted octanol–water partition coefficient (Wildman–Crippen LogP) is 4.17. The van der Waals surface area contributed by atoms with Gasteiger partial charge in [-0.3, -0.25) is 4.79 Å². The largest absolute Gasteiger partial charge is 0.497 e. The third-order valence-electron chi connectivity index (χ3n) is 6.08. The first-order chi connectivity index (χ1) is 17.3. The van der Waals surface area contributed by atoms with Crippen LogP contribution in [0.4, 0.5) is 21.7 Å². The van der Waals surface area contributed by atoms with Gasteiger partial charge in [0.2, 0.25) is 0 Å². The van der Waals surface area contributed by atoms with Crippen molar-refractivity contribution in [1.82, 2.24) is 14.5 Å². The molecular formula is C26H29FN6O3. The maximum absolute atomic E-state index is 15.2. The van der Waals surface area contributed by atoms with Crippen LogP contribution in [0.25, 0.3) is 11.0 Å². The lowest BCUT2D eigenvalue weighted by Crippen LogP contribution is -2.19. The average molecular weight is 493 g/mol. The number of carbonyl (C=O) groups is 1. The van der Waals surface area contributed by atoms with Crippen molar-refractivity contribution >= 4 is 34.3 Å². The second-order valence-electron chi connectivity index (χ2n) is 8.27. The molecule has 9 nitrogen and oxygen atoms in total.